The standard InChI is InChI=1S/C20H26N2O/c1-14(2)16-9-11-17(12-10-16)15(3)22-20(23)19(13-21)18-7-5-4-6-8-18/h4-12,14-15,19H,13,21H2,1-3H3,(H,22,23). The predicted octanol–water partition coefficient (Wildman–Crippen LogP) is 3.73. The van der Waals surface area contributed by atoms with Crippen LogP contribution in [0, 0.1) is 0 Å². The Balaban J connectivity index is 2.06. The molecule has 2 rings (SSSR count). The van der Waals surface area contributed by atoms with Crippen molar-refractivity contribution < 1.29 is 4.79 Å². The van der Waals surface area contributed by atoms with Crippen LogP contribution in [-0.2, 0) is 4.79 Å². The van der Waals surface area contributed by atoms with Gasteiger partial charge < -0.3 is 11.1 Å². The number of carbonyl (C=O) groups is 1. The Morgan fingerprint density at radius 1 is 0.913 bits per heavy atom. The van der Waals surface area contributed by atoms with Crippen molar-refractivity contribution in [3.8, 4) is 0 Å². The van der Waals surface area contributed by atoms with Crippen LogP contribution < -0.4 is 11.1 Å². The van der Waals surface area contributed by atoms with E-state index in [4.69, 9.17) is 5.73 Å². The lowest BCUT2D eigenvalue weighted by Gasteiger charge is -2.20. The van der Waals surface area contributed by atoms with E-state index in [0.29, 0.717) is 12.5 Å². The molecule has 2 aromatic carbocycles. The van der Waals surface area contributed by atoms with Gasteiger partial charge in [0.05, 0.1) is 12.0 Å². The number of nitrogens with two attached hydrogens (primary N) is 1. The number of carbonyl (C=O) groups excluding carboxylic acids is 1. The maximum absolute atomic E-state index is 12.5. The lowest BCUT2D eigenvalue weighted by molar-refractivity contribution is -0.123. The van der Waals surface area contributed by atoms with E-state index < -0.39 is 0 Å². The van der Waals surface area contributed by atoms with Crippen LogP contribution in [-0.4, -0.2) is 12.5 Å². The molecule has 2 atom stereocenters. The van der Waals surface area contributed by atoms with E-state index >= 15 is 0 Å². The zero-order valence-corrected chi connectivity index (χ0v) is 14.1. The van der Waals surface area contributed by atoms with Gasteiger partial charge in [0.25, 0.3) is 0 Å². The van der Waals surface area contributed by atoms with Crippen molar-refractivity contribution in [1.29, 1.82) is 0 Å². The van der Waals surface area contributed by atoms with Crippen LogP contribution in [0.1, 0.15) is 55.3 Å². The average molecular weight is 310 g/mol. The van der Waals surface area contributed by atoms with Crippen LogP contribution in [0.25, 0.3) is 0 Å². The summed E-state index contributed by atoms with van der Waals surface area (Å²) in [5.41, 5.74) is 9.17. The monoisotopic (exact) mass is 310 g/mol. The SMILES string of the molecule is CC(C)c1ccc(C(C)NC(=O)C(CN)c2ccccc2)cc1. The molecule has 0 heterocycles. The Morgan fingerprint density at radius 3 is 2.00 bits per heavy atom. The summed E-state index contributed by atoms with van der Waals surface area (Å²) in [7, 11) is 0. The number of rotatable bonds is 6. The fourth-order valence-electron chi connectivity index (χ4n) is 2.65. The first-order valence-electron chi connectivity index (χ1n) is 8.18. The van der Waals surface area contributed by atoms with Gasteiger partial charge >= 0.3 is 0 Å². The molecule has 0 aliphatic rings. The molecule has 0 saturated carbocycles. The van der Waals surface area contributed by atoms with Gasteiger partial charge in [-0.25, -0.2) is 0 Å². The van der Waals surface area contributed by atoms with E-state index in [1.54, 1.807) is 0 Å². The smallest absolute Gasteiger partial charge is 0.229 e. The van der Waals surface area contributed by atoms with Crippen molar-refractivity contribution in [2.45, 2.75) is 38.6 Å². The number of hydrogen-bond donors (Lipinski definition) is 2. The number of nitrogens with one attached hydrogen (secondary N) is 1. The van der Waals surface area contributed by atoms with Gasteiger partial charge in [-0.3, -0.25) is 4.79 Å². The fourth-order valence-corrected chi connectivity index (χ4v) is 2.65. The molecule has 1 amide bonds. The Hall–Kier alpha value is -2.13. The number of benzene rings is 2. The lowest BCUT2D eigenvalue weighted by atomic mass is 9.96. The Kier molecular flexibility index (Phi) is 5.94. The van der Waals surface area contributed by atoms with Gasteiger partial charge in [0.15, 0.2) is 0 Å². The first kappa shape index (κ1) is 17.2. The van der Waals surface area contributed by atoms with Gasteiger partial charge in [-0.2, -0.15) is 0 Å². The van der Waals surface area contributed by atoms with Gasteiger partial charge in [0.2, 0.25) is 5.91 Å². The largest absolute Gasteiger partial charge is 0.349 e. The third kappa shape index (κ3) is 4.42. The van der Waals surface area contributed by atoms with Crippen LogP contribution in [0.3, 0.4) is 0 Å². The van der Waals surface area contributed by atoms with Crippen molar-refractivity contribution >= 4 is 5.91 Å². The zero-order valence-electron chi connectivity index (χ0n) is 14.1. The molecule has 3 nitrogen and oxygen atoms in total. The van der Waals surface area contributed by atoms with E-state index in [1.165, 1.54) is 5.56 Å². The van der Waals surface area contributed by atoms with E-state index in [-0.39, 0.29) is 17.9 Å². The molecule has 2 aromatic rings. The minimum atomic E-state index is -0.311. The van der Waals surface area contributed by atoms with E-state index in [9.17, 15) is 4.79 Å². The highest BCUT2D eigenvalue weighted by molar-refractivity contribution is 5.84. The van der Waals surface area contributed by atoms with Crippen molar-refractivity contribution in [1.82, 2.24) is 5.32 Å². The highest BCUT2D eigenvalue weighted by Gasteiger charge is 2.20. The van der Waals surface area contributed by atoms with Gasteiger partial charge in [-0.15, -0.1) is 0 Å². The Bertz CT molecular complexity index is 620. The molecule has 0 bridgehead atoms. The van der Waals surface area contributed by atoms with Crippen LogP contribution in [0.4, 0.5) is 0 Å². The van der Waals surface area contributed by atoms with Gasteiger partial charge in [-0.1, -0.05) is 68.4 Å². The lowest BCUT2D eigenvalue weighted by Crippen LogP contribution is -2.35. The molecular formula is C20H26N2O. The highest BCUT2D eigenvalue weighted by atomic mass is 16.1. The van der Waals surface area contributed by atoms with E-state index in [2.05, 4.69) is 43.4 Å². The maximum Gasteiger partial charge on any atom is 0.229 e. The third-order valence-corrected chi connectivity index (χ3v) is 4.22. The summed E-state index contributed by atoms with van der Waals surface area (Å²) < 4.78 is 0. The first-order chi connectivity index (χ1) is 11.0. The molecule has 0 aliphatic carbocycles. The summed E-state index contributed by atoms with van der Waals surface area (Å²) in [6.45, 7) is 6.65. The molecule has 2 unspecified atom stereocenters. The Labute approximate surface area is 138 Å². The van der Waals surface area contributed by atoms with Crippen LogP contribution in [0.15, 0.2) is 54.6 Å². The maximum atomic E-state index is 12.5. The molecule has 0 radical (unpaired) electrons. The molecule has 0 aliphatic heterocycles. The molecule has 3 N–H and O–H groups in total. The van der Waals surface area contributed by atoms with Gasteiger partial charge in [0.1, 0.15) is 0 Å². The molecule has 3 heteroatoms. The summed E-state index contributed by atoms with van der Waals surface area (Å²) in [5.74, 6) is 0.168. The molecule has 0 saturated heterocycles. The fraction of sp³-hybridized carbons (Fsp3) is 0.350. The minimum absolute atomic E-state index is 0.0286. The first-order valence-corrected chi connectivity index (χ1v) is 8.18. The Morgan fingerprint density at radius 2 is 1.48 bits per heavy atom. The zero-order chi connectivity index (χ0) is 16.8. The highest BCUT2D eigenvalue weighted by Crippen LogP contribution is 2.20. The minimum Gasteiger partial charge on any atom is -0.349 e. The molecule has 0 spiro atoms. The second-order valence-electron chi connectivity index (χ2n) is 6.25. The normalized spacial score (nSPS) is 13.6. The predicted molar refractivity (Wildman–Crippen MR) is 95.3 cm³/mol. The van der Waals surface area contributed by atoms with Crippen LogP contribution >= 0.6 is 0 Å². The molecular weight excluding hydrogens is 284 g/mol. The molecule has 122 valence electrons. The van der Waals surface area contributed by atoms with E-state index in [0.717, 1.165) is 11.1 Å². The molecule has 0 fully saturated rings. The van der Waals surface area contributed by atoms with Crippen LogP contribution in [0.5, 0.6) is 0 Å². The summed E-state index contributed by atoms with van der Waals surface area (Å²) in [6.07, 6.45) is 0. The summed E-state index contributed by atoms with van der Waals surface area (Å²) in [4.78, 5) is 12.5. The van der Waals surface area contributed by atoms with E-state index in [1.807, 2.05) is 37.3 Å². The topological polar surface area (TPSA) is 55.1 Å². The third-order valence-electron chi connectivity index (χ3n) is 4.22. The quantitative estimate of drug-likeness (QED) is 0.854. The average Bonchev–Trinajstić information content (AvgIpc) is 2.56. The second kappa shape index (κ2) is 7.93. The van der Waals surface area contributed by atoms with Gasteiger partial charge in [0, 0.05) is 6.54 Å². The van der Waals surface area contributed by atoms with Crippen molar-refractivity contribution in [2.75, 3.05) is 6.54 Å². The molecule has 23 heavy (non-hydrogen) atoms. The van der Waals surface area contributed by atoms with Crippen molar-refractivity contribution in [2.24, 2.45) is 5.73 Å². The second-order valence-corrected chi connectivity index (χ2v) is 6.25. The summed E-state index contributed by atoms with van der Waals surface area (Å²) in [6, 6.07) is 18.1. The van der Waals surface area contributed by atoms with Crippen LogP contribution in [0.2, 0.25) is 0 Å². The summed E-state index contributed by atoms with van der Waals surface area (Å²) >= 11 is 0. The molecule has 0 aromatic heterocycles. The van der Waals surface area contributed by atoms with Crippen molar-refractivity contribution in [3.63, 3.8) is 0 Å². The number of amides is 1. The van der Waals surface area contributed by atoms with Crippen molar-refractivity contribution in [3.05, 3.63) is 71.3 Å². The summed E-state index contributed by atoms with van der Waals surface area (Å²) in [5, 5.41) is 3.08. The van der Waals surface area contributed by atoms with Gasteiger partial charge in [-0.05, 0) is 29.5 Å². The number of hydrogen-bond acceptors (Lipinski definition) is 2.